The van der Waals surface area contributed by atoms with Crippen LogP contribution in [-0.4, -0.2) is 14.2 Å². The van der Waals surface area contributed by atoms with Crippen LogP contribution in [0.15, 0.2) is 36.4 Å². The molecule has 0 aromatic heterocycles. The maximum Gasteiger partial charge on any atom is 0.129 e. The maximum absolute atomic E-state index is 13.9. The molecule has 1 unspecified atom stereocenters. The van der Waals surface area contributed by atoms with E-state index in [1.54, 1.807) is 37.4 Å². The normalized spacial score (nSPS) is 12.1. The highest BCUT2D eigenvalue weighted by molar-refractivity contribution is 6.30. The molecule has 0 aliphatic rings. The van der Waals surface area contributed by atoms with Crippen molar-refractivity contribution in [1.29, 1.82) is 0 Å². The van der Waals surface area contributed by atoms with Gasteiger partial charge in [0, 0.05) is 22.2 Å². The van der Waals surface area contributed by atoms with Gasteiger partial charge in [0.25, 0.3) is 0 Å². The molecule has 20 heavy (non-hydrogen) atoms. The molecule has 0 heterocycles. The maximum atomic E-state index is 13.9. The topological polar surface area (TPSA) is 18.5 Å². The van der Waals surface area contributed by atoms with Crippen LogP contribution in [0.4, 0.5) is 4.39 Å². The summed E-state index contributed by atoms with van der Waals surface area (Å²) in [5, 5.41) is -0.343. The molecule has 0 amide bonds. The van der Waals surface area contributed by atoms with Crippen molar-refractivity contribution < 1.29 is 13.9 Å². The summed E-state index contributed by atoms with van der Waals surface area (Å²) in [7, 11) is 3.09. The van der Waals surface area contributed by atoms with Crippen LogP contribution in [0.5, 0.6) is 11.5 Å². The molecule has 106 valence electrons. The van der Waals surface area contributed by atoms with E-state index in [9.17, 15) is 4.39 Å². The van der Waals surface area contributed by atoms with Gasteiger partial charge >= 0.3 is 0 Å². The van der Waals surface area contributed by atoms with Crippen molar-refractivity contribution in [3.05, 3.63) is 58.4 Å². The predicted octanol–water partition coefficient (Wildman–Crippen LogP) is 4.82. The van der Waals surface area contributed by atoms with Gasteiger partial charge in [-0.05, 0) is 24.3 Å². The highest BCUT2D eigenvalue weighted by atomic mass is 35.5. The van der Waals surface area contributed by atoms with Crippen LogP contribution in [0, 0.1) is 5.82 Å². The van der Waals surface area contributed by atoms with Crippen LogP contribution < -0.4 is 9.47 Å². The lowest BCUT2D eigenvalue weighted by atomic mass is 10.0. The predicted molar refractivity (Wildman–Crippen MR) is 78.7 cm³/mol. The fourth-order valence-electron chi connectivity index (χ4n) is 1.90. The number of rotatable bonds is 4. The molecule has 0 saturated heterocycles. The zero-order chi connectivity index (χ0) is 14.7. The molecule has 0 N–H and O–H groups in total. The Balaban J connectivity index is 2.44. The number of halogens is 3. The summed E-state index contributed by atoms with van der Waals surface area (Å²) in [5.41, 5.74) is 1.01. The van der Waals surface area contributed by atoms with Gasteiger partial charge in [-0.3, -0.25) is 0 Å². The van der Waals surface area contributed by atoms with Crippen LogP contribution in [0.3, 0.4) is 0 Å². The first kappa shape index (κ1) is 14.9. The molecule has 2 aromatic rings. The van der Waals surface area contributed by atoms with Crippen molar-refractivity contribution in [2.24, 2.45) is 0 Å². The van der Waals surface area contributed by atoms with Crippen LogP contribution in [0.2, 0.25) is 5.02 Å². The number of benzene rings is 2. The summed E-state index contributed by atoms with van der Waals surface area (Å²) in [6.45, 7) is 0. The molecule has 0 spiro atoms. The van der Waals surface area contributed by atoms with Crippen molar-refractivity contribution in [2.75, 3.05) is 14.2 Å². The van der Waals surface area contributed by atoms with Gasteiger partial charge in [0.15, 0.2) is 0 Å². The third-order valence-corrected chi connectivity index (χ3v) is 3.65. The standard InChI is InChI=1S/C15H13Cl2FO2/c1-19-10-4-6-12(14(8-10)20-2)15(17)11-5-3-9(16)7-13(11)18/h3-8,15H,1-2H3. The molecule has 2 aromatic carbocycles. The van der Waals surface area contributed by atoms with E-state index in [0.717, 1.165) is 0 Å². The summed E-state index contributed by atoms with van der Waals surface area (Å²) in [6.07, 6.45) is 0. The van der Waals surface area contributed by atoms with Crippen LogP contribution in [0.1, 0.15) is 16.5 Å². The van der Waals surface area contributed by atoms with E-state index < -0.39 is 11.2 Å². The average molecular weight is 315 g/mol. The Labute approximate surface area is 127 Å². The van der Waals surface area contributed by atoms with Crippen LogP contribution in [-0.2, 0) is 0 Å². The molecule has 5 heteroatoms. The zero-order valence-corrected chi connectivity index (χ0v) is 12.5. The SMILES string of the molecule is COc1ccc(C(Cl)c2ccc(Cl)cc2F)c(OC)c1. The highest BCUT2D eigenvalue weighted by Gasteiger charge is 2.19. The average Bonchev–Trinajstić information content (AvgIpc) is 2.46. The third-order valence-electron chi connectivity index (χ3n) is 2.95. The molecule has 0 saturated carbocycles. The Bertz CT molecular complexity index is 617. The van der Waals surface area contributed by atoms with Gasteiger partial charge < -0.3 is 9.47 Å². The molecule has 0 bridgehead atoms. The minimum atomic E-state index is -0.673. The van der Waals surface area contributed by atoms with Gasteiger partial charge in [0.2, 0.25) is 0 Å². The molecular weight excluding hydrogens is 302 g/mol. The second kappa shape index (κ2) is 6.33. The molecule has 0 fully saturated rings. The van der Waals surface area contributed by atoms with Gasteiger partial charge in [-0.2, -0.15) is 0 Å². The van der Waals surface area contributed by atoms with E-state index in [-0.39, 0.29) is 0 Å². The zero-order valence-electron chi connectivity index (χ0n) is 11.0. The Morgan fingerprint density at radius 1 is 1.00 bits per heavy atom. The molecular formula is C15H13Cl2FO2. The van der Waals surface area contributed by atoms with Gasteiger partial charge in [0.05, 0.1) is 19.6 Å². The van der Waals surface area contributed by atoms with E-state index in [4.69, 9.17) is 32.7 Å². The van der Waals surface area contributed by atoms with E-state index in [1.807, 2.05) is 0 Å². The lowest BCUT2D eigenvalue weighted by molar-refractivity contribution is 0.391. The Morgan fingerprint density at radius 3 is 2.30 bits per heavy atom. The molecule has 0 aliphatic heterocycles. The summed E-state index contributed by atoms with van der Waals surface area (Å²) < 4.78 is 24.3. The smallest absolute Gasteiger partial charge is 0.129 e. The summed E-state index contributed by atoms with van der Waals surface area (Å²) in [4.78, 5) is 0. The van der Waals surface area contributed by atoms with E-state index >= 15 is 0 Å². The molecule has 1 atom stereocenters. The van der Waals surface area contributed by atoms with Gasteiger partial charge in [0.1, 0.15) is 17.3 Å². The first-order chi connectivity index (χ1) is 9.56. The first-order valence-corrected chi connectivity index (χ1v) is 6.69. The van der Waals surface area contributed by atoms with Crippen molar-refractivity contribution >= 4 is 23.2 Å². The third kappa shape index (κ3) is 3.00. The first-order valence-electron chi connectivity index (χ1n) is 5.87. The fraction of sp³-hybridized carbons (Fsp3) is 0.200. The summed E-state index contributed by atoms with van der Waals surface area (Å²) in [5.74, 6) is 0.736. The van der Waals surface area contributed by atoms with Crippen molar-refractivity contribution in [1.82, 2.24) is 0 Å². The number of alkyl halides is 1. The second-order valence-corrected chi connectivity index (χ2v) is 5.01. The minimum Gasteiger partial charge on any atom is -0.497 e. The highest BCUT2D eigenvalue weighted by Crippen LogP contribution is 2.38. The Hall–Kier alpha value is -1.45. The van der Waals surface area contributed by atoms with Gasteiger partial charge in [-0.25, -0.2) is 4.39 Å². The van der Waals surface area contributed by atoms with Gasteiger partial charge in [-0.15, -0.1) is 11.6 Å². The van der Waals surface area contributed by atoms with Crippen LogP contribution in [0.25, 0.3) is 0 Å². The minimum absolute atomic E-state index is 0.330. The van der Waals surface area contributed by atoms with Crippen molar-refractivity contribution in [3.8, 4) is 11.5 Å². The summed E-state index contributed by atoms with van der Waals surface area (Å²) >= 11 is 12.1. The lowest BCUT2D eigenvalue weighted by Gasteiger charge is -2.16. The molecule has 2 rings (SSSR count). The van der Waals surface area contributed by atoms with Crippen molar-refractivity contribution in [2.45, 2.75) is 5.38 Å². The lowest BCUT2D eigenvalue weighted by Crippen LogP contribution is -2.00. The number of hydrogen-bond acceptors (Lipinski definition) is 2. The Kier molecular flexibility index (Phi) is 4.73. The number of methoxy groups -OCH3 is 2. The molecule has 2 nitrogen and oxygen atoms in total. The quantitative estimate of drug-likeness (QED) is 0.753. The molecule has 0 aliphatic carbocycles. The molecule has 0 radical (unpaired) electrons. The monoisotopic (exact) mass is 314 g/mol. The summed E-state index contributed by atoms with van der Waals surface area (Å²) in [6, 6.07) is 9.62. The number of ether oxygens (including phenoxy) is 2. The van der Waals surface area contributed by atoms with Gasteiger partial charge in [-0.1, -0.05) is 17.7 Å². The second-order valence-electron chi connectivity index (χ2n) is 4.14. The fourth-order valence-corrected chi connectivity index (χ4v) is 2.42. The van der Waals surface area contributed by atoms with Crippen molar-refractivity contribution in [3.63, 3.8) is 0 Å². The van der Waals surface area contributed by atoms with Crippen LogP contribution >= 0.6 is 23.2 Å². The van der Waals surface area contributed by atoms with E-state index in [0.29, 0.717) is 27.6 Å². The largest absolute Gasteiger partial charge is 0.497 e. The van der Waals surface area contributed by atoms with E-state index in [1.165, 1.54) is 13.2 Å². The van der Waals surface area contributed by atoms with E-state index in [2.05, 4.69) is 0 Å². The number of hydrogen-bond donors (Lipinski definition) is 0. The Morgan fingerprint density at radius 2 is 1.70 bits per heavy atom.